The zero-order chi connectivity index (χ0) is 18.3. The fraction of sp³-hybridized carbons (Fsp3) is 0.200. The number of phenolic OH excluding ortho intramolecular Hbond substituents is 1. The topological polar surface area (TPSA) is 160 Å². The number of nitro benzene ring substituents is 1. The molecule has 0 amide bonds. The van der Waals surface area contributed by atoms with Gasteiger partial charge in [0, 0.05) is 6.07 Å². The van der Waals surface area contributed by atoms with Gasteiger partial charge in [-0.15, -0.1) is 0 Å². The third-order valence-corrected chi connectivity index (χ3v) is 3.81. The predicted molar refractivity (Wildman–Crippen MR) is 83.9 cm³/mol. The van der Waals surface area contributed by atoms with Gasteiger partial charge in [0.15, 0.2) is 5.75 Å². The first-order valence-electron chi connectivity index (χ1n) is 7.06. The molecule has 2 aromatic rings. The van der Waals surface area contributed by atoms with E-state index in [1.165, 1.54) is 19.2 Å². The number of methoxy groups -OCH3 is 1. The number of aromatic amines is 1. The zero-order valence-corrected chi connectivity index (χ0v) is 13.2. The molecule has 0 fully saturated rings. The molecule has 1 unspecified atom stereocenters. The van der Waals surface area contributed by atoms with Crippen LogP contribution < -0.4 is 15.2 Å². The molecule has 4 N–H and O–H groups in total. The number of hydrogen-bond donors (Lipinski definition) is 3. The Kier molecular flexibility index (Phi) is 3.69. The number of nitrogens with two attached hydrogens (primary N) is 1. The van der Waals surface area contributed by atoms with Gasteiger partial charge >= 0.3 is 5.69 Å². The second kappa shape index (κ2) is 5.72. The predicted octanol–water partition coefficient (Wildman–Crippen LogP) is 1.56. The van der Waals surface area contributed by atoms with Gasteiger partial charge in [0.05, 0.1) is 23.6 Å². The maximum atomic E-state index is 11.2. The normalized spacial score (nSPS) is 16.0. The lowest BCUT2D eigenvalue weighted by Gasteiger charge is -2.23. The Bertz CT molecular complexity index is 956. The molecule has 0 spiro atoms. The third kappa shape index (κ3) is 2.47. The molecule has 0 saturated heterocycles. The van der Waals surface area contributed by atoms with Gasteiger partial charge in [-0.25, -0.2) is 0 Å². The van der Waals surface area contributed by atoms with Gasteiger partial charge in [-0.1, -0.05) is 0 Å². The van der Waals surface area contributed by atoms with E-state index in [-0.39, 0.29) is 23.1 Å². The van der Waals surface area contributed by atoms with Crippen molar-refractivity contribution in [1.82, 2.24) is 9.97 Å². The van der Waals surface area contributed by atoms with Crippen molar-refractivity contribution in [2.24, 2.45) is 5.73 Å². The molecule has 1 aromatic heterocycles. The molecule has 0 aliphatic carbocycles. The molecular formula is C15H13N5O5. The fourth-order valence-electron chi connectivity index (χ4n) is 2.74. The van der Waals surface area contributed by atoms with Crippen LogP contribution in [-0.2, 0) is 0 Å². The van der Waals surface area contributed by atoms with Crippen LogP contribution >= 0.6 is 0 Å². The Balaban J connectivity index is 2.29. The maximum Gasteiger partial charge on any atom is 0.314 e. The van der Waals surface area contributed by atoms with Crippen LogP contribution in [0.15, 0.2) is 23.6 Å². The number of rotatable bonds is 3. The van der Waals surface area contributed by atoms with Gasteiger partial charge in [-0.3, -0.25) is 10.1 Å². The van der Waals surface area contributed by atoms with Crippen molar-refractivity contribution >= 4 is 5.69 Å². The van der Waals surface area contributed by atoms with Gasteiger partial charge < -0.3 is 25.3 Å². The van der Waals surface area contributed by atoms with Crippen LogP contribution in [-0.4, -0.2) is 27.1 Å². The summed E-state index contributed by atoms with van der Waals surface area (Å²) in [6.45, 7) is 1.70. The molecule has 128 valence electrons. The molecule has 10 nitrogen and oxygen atoms in total. The number of aryl methyl sites for hydroxylation is 1. The van der Waals surface area contributed by atoms with Crippen LogP contribution in [0.25, 0.3) is 0 Å². The number of fused-ring (bicyclic) bond motifs is 1. The number of phenols is 1. The number of aromatic hydroxyl groups is 1. The number of imidazole rings is 1. The van der Waals surface area contributed by atoms with Crippen molar-refractivity contribution in [3.63, 3.8) is 0 Å². The molecule has 1 aliphatic heterocycles. The van der Waals surface area contributed by atoms with E-state index in [9.17, 15) is 20.5 Å². The first-order chi connectivity index (χ1) is 11.9. The summed E-state index contributed by atoms with van der Waals surface area (Å²) in [7, 11) is 1.27. The van der Waals surface area contributed by atoms with Crippen molar-refractivity contribution in [2.75, 3.05) is 7.11 Å². The number of hydrogen-bond acceptors (Lipinski definition) is 8. The quantitative estimate of drug-likeness (QED) is 0.559. The summed E-state index contributed by atoms with van der Waals surface area (Å²) in [6.07, 6.45) is 0. The van der Waals surface area contributed by atoms with Gasteiger partial charge in [0.2, 0.25) is 17.5 Å². The smallest absolute Gasteiger partial charge is 0.314 e. The van der Waals surface area contributed by atoms with Gasteiger partial charge in [0.1, 0.15) is 17.5 Å². The van der Waals surface area contributed by atoms with E-state index < -0.39 is 22.3 Å². The number of allylic oxidation sites excluding steroid dienone is 1. The minimum absolute atomic E-state index is 0.0678. The molecule has 0 bridgehead atoms. The Labute approximate surface area is 141 Å². The zero-order valence-electron chi connectivity index (χ0n) is 13.2. The summed E-state index contributed by atoms with van der Waals surface area (Å²) in [5.74, 6) is -0.885. The van der Waals surface area contributed by atoms with E-state index in [1.807, 2.05) is 6.07 Å². The van der Waals surface area contributed by atoms with Gasteiger partial charge in [-0.05, 0) is 18.6 Å². The first-order valence-corrected chi connectivity index (χ1v) is 7.06. The molecule has 1 aromatic carbocycles. The summed E-state index contributed by atoms with van der Waals surface area (Å²) >= 11 is 0. The van der Waals surface area contributed by atoms with Crippen LogP contribution in [0.4, 0.5) is 5.69 Å². The van der Waals surface area contributed by atoms with E-state index in [0.29, 0.717) is 17.1 Å². The number of H-pyrrole nitrogens is 1. The molecule has 0 radical (unpaired) electrons. The minimum Gasteiger partial charge on any atom is -0.500 e. The Hall–Kier alpha value is -3.74. The van der Waals surface area contributed by atoms with Crippen LogP contribution in [0, 0.1) is 28.4 Å². The van der Waals surface area contributed by atoms with E-state index >= 15 is 0 Å². The molecule has 0 saturated carbocycles. The minimum atomic E-state index is -0.775. The number of ether oxygens (including phenoxy) is 2. The molecule has 1 aliphatic rings. The number of nitrogens with zero attached hydrogens (tertiary/aromatic N) is 3. The largest absolute Gasteiger partial charge is 0.500 e. The van der Waals surface area contributed by atoms with Crippen LogP contribution in [0.5, 0.6) is 17.4 Å². The lowest BCUT2D eigenvalue weighted by molar-refractivity contribution is -0.386. The average Bonchev–Trinajstić information content (AvgIpc) is 2.93. The lowest BCUT2D eigenvalue weighted by atomic mass is 9.87. The lowest BCUT2D eigenvalue weighted by Crippen LogP contribution is -2.21. The van der Waals surface area contributed by atoms with Crippen molar-refractivity contribution in [3.8, 4) is 23.4 Å². The summed E-state index contributed by atoms with van der Waals surface area (Å²) in [4.78, 5) is 17.6. The van der Waals surface area contributed by atoms with Crippen molar-refractivity contribution in [3.05, 3.63) is 50.8 Å². The molecular weight excluding hydrogens is 330 g/mol. The van der Waals surface area contributed by atoms with E-state index in [2.05, 4.69) is 9.97 Å². The first kappa shape index (κ1) is 16.1. The summed E-state index contributed by atoms with van der Waals surface area (Å²) in [5.41, 5.74) is 6.09. The number of nitrogens with one attached hydrogen (secondary N) is 1. The van der Waals surface area contributed by atoms with Crippen LogP contribution in [0.1, 0.15) is 23.0 Å². The summed E-state index contributed by atoms with van der Waals surface area (Å²) in [5, 5.41) is 30.6. The number of benzene rings is 1. The second-order valence-electron chi connectivity index (χ2n) is 5.31. The van der Waals surface area contributed by atoms with Gasteiger partial charge in [0.25, 0.3) is 0 Å². The monoisotopic (exact) mass is 343 g/mol. The van der Waals surface area contributed by atoms with E-state index in [4.69, 9.17) is 15.2 Å². The molecule has 2 heterocycles. The Morgan fingerprint density at radius 1 is 1.56 bits per heavy atom. The van der Waals surface area contributed by atoms with Crippen molar-refractivity contribution in [2.45, 2.75) is 12.8 Å². The van der Waals surface area contributed by atoms with Crippen molar-refractivity contribution in [1.29, 1.82) is 5.26 Å². The molecule has 10 heteroatoms. The summed E-state index contributed by atoms with van der Waals surface area (Å²) < 4.78 is 10.4. The van der Waals surface area contributed by atoms with Gasteiger partial charge in [-0.2, -0.15) is 10.2 Å². The third-order valence-electron chi connectivity index (χ3n) is 3.81. The highest BCUT2D eigenvalue weighted by Crippen LogP contribution is 2.45. The standard InChI is InChI=1S/C15H13N5O5/c1-6-18-12-11(8(5-16)14(17)25-15(12)19-6)7-3-9(20(22)23)13(21)10(4-7)24-2/h3-4,11,21H,17H2,1-2H3,(H,18,19). The van der Waals surface area contributed by atoms with E-state index in [1.54, 1.807) is 6.92 Å². The highest BCUT2D eigenvalue weighted by atomic mass is 16.6. The van der Waals surface area contributed by atoms with Crippen LogP contribution in [0.2, 0.25) is 0 Å². The SMILES string of the molecule is COc1cc(C2C(C#N)=C(N)Oc3nc(C)[nH]c32)cc([N+](=O)[O-])c1O. The van der Waals surface area contributed by atoms with E-state index in [0.717, 1.165) is 0 Å². The molecule has 1 atom stereocenters. The summed E-state index contributed by atoms with van der Waals surface area (Å²) in [6, 6.07) is 4.53. The molecule has 3 rings (SSSR count). The van der Waals surface area contributed by atoms with Crippen LogP contribution in [0.3, 0.4) is 0 Å². The average molecular weight is 343 g/mol. The Morgan fingerprint density at radius 3 is 2.88 bits per heavy atom. The maximum absolute atomic E-state index is 11.2. The number of aromatic nitrogens is 2. The number of nitriles is 1. The Morgan fingerprint density at radius 2 is 2.28 bits per heavy atom. The highest BCUT2D eigenvalue weighted by molar-refractivity contribution is 5.61. The number of nitro groups is 1. The fourth-order valence-corrected chi connectivity index (χ4v) is 2.74. The molecule has 25 heavy (non-hydrogen) atoms. The van der Waals surface area contributed by atoms with Crippen molar-refractivity contribution < 1.29 is 19.5 Å². The second-order valence-corrected chi connectivity index (χ2v) is 5.31. The highest BCUT2D eigenvalue weighted by Gasteiger charge is 2.35.